The SMILES string of the molecule is CC#Cc1ccc(F)c(CO)c1. The van der Waals surface area contributed by atoms with E-state index >= 15 is 0 Å². The number of aliphatic hydroxyl groups is 1. The smallest absolute Gasteiger partial charge is 0.128 e. The van der Waals surface area contributed by atoms with E-state index in [0.717, 1.165) is 5.56 Å². The van der Waals surface area contributed by atoms with Crippen LogP contribution in [0.2, 0.25) is 0 Å². The molecule has 0 aromatic heterocycles. The first kappa shape index (κ1) is 8.76. The average molecular weight is 164 g/mol. The molecule has 0 aliphatic carbocycles. The molecule has 0 bridgehead atoms. The van der Waals surface area contributed by atoms with Crippen molar-refractivity contribution in [1.29, 1.82) is 0 Å². The minimum absolute atomic E-state index is 0.287. The maximum absolute atomic E-state index is 12.8. The van der Waals surface area contributed by atoms with Crippen molar-refractivity contribution >= 4 is 0 Å². The van der Waals surface area contributed by atoms with Gasteiger partial charge in [0.1, 0.15) is 5.82 Å². The molecule has 0 unspecified atom stereocenters. The van der Waals surface area contributed by atoms with Crippen molar-refractivity contribution < 1.29 is 9.50 Å². The minimum Gasteiger partial charge on any atom is -0.392 e. The Hall–Kier alpha value is -1.33. The van der Waals surface area contributed by atoms with E-state index in [2.05, 4.69) is 11.8 Å². The fourth-order valence-corrected chi connectivity index (χ4v) is 0.918. The summed E-state index contributed by atoms with van der Waals surface area (Å²) in [4.78, 5) is 0. The summed E-state index contributed by atoms with van der Waals surface area (Å²) in [5.74, 6) is 5.09. The lowest BCUT2D eigenvalue weighted by Crippen LogP contribution is -1.90. The van der Waals surface area contributed by atoms with Crippen molar-refractivity contribution in [2.45, 2.75) is 13.5 Å². The molecule has 12 heavy (non-hydrogen) atoms. The zero-order valence-corrected chi connectivity index (χ0v) is 6.76. The predicted molar refractivity (Wildman–Crippen MR) is 44.9 cm³/mol. The van der Waals surface area contributed by atoms with Gasteiger partial charge in [-0.2, -0.15) is 0 Å². The highest BCUT2D eigenvalue weighted by molar-refractivity contribution is 5.37. The number of halogens is 1. The lowest BCUT2D eigenvalue weighted by molar-refractivity contribution is 0.275. The van der Waals surface area contributed by atoms with E-state index in [1.165, 1.54) is 6.07 Å². The highest BCUT2D eigenvalue weighted by Crippen LogP contribution is 2.09. The van der Waals surface area contributed by atoms with Gasteiger partial charge in [0.2, 0.25) is 0 Å². The van der Waals surface area contributed by atoms with E-state index in [-0.39, 0.29) is 18.0 Å². The van der Waals surface area contributed by atoms with E-state index in [4.69, 9.17) is 5.11 Å². The van der Waals surface area contributed by atoms with Gasteiger partial charge >= 0.3 is 0 Å². The molecule has 0 radical (unpaired) electrons. The van der Waals surface area contributed by atoms with Crippen LogP contribution in [0.1, 0.15) is 18.1 Å². The van der Waals surface area contributed by atoms with Crippen LogP contribution in [0.4, 0.5) is 4.39 Å². The van der Waals surface area contributed by atoms with Crippen molar-refractivity contribution in [2.75, 3.05) is 0 Å². The second-order valence-corrected chi connectivity index (χ2v) is 2.34. The van der Waals surface area contributed by atoms with Crippen LogP contribution in [-0.2, 0) is 6.61 Å². The molecule has 0 aliphatic heterocycles. The molecule has 1 aromatic rings. The van der Waals surface area contributed by atoms with Crippen LogP contribution in [0.25, 0.3) is 0 Å². The normalized spacial score (nSPS) is 8.92. The molecule has 62 valence electrons. The zero-order chi connectivity index (χ0) is 8.97. The molecule has 0 saturated heterocycles. The fraction of sp³-hybridized carbons (Fsp3) is 0.200. The Labute approximate surface area is 70.9 Å². The van der Waals surface area contributed by atoms with Gasteiger partial charge in [0.15, 0.2) is 0 Å². The number of benzene rings is 1. The topological polar surface area (TPSA) is 20.2 Å². The quantitative estimate of drug-likeness (QED) is 0.626. The number of hydrogen-bond donors (Lipinski definition) is 1. The van der Waals surface area contributed by atoms with Crippen LogP contribution >= 0.6 is 0 Å². The minimum atomic E-state index is -0.390. The van der Waals surface area contributed by atoms with E-state index in [1.54, 1.807) is 19.1 Å². The Bertz CT molecular complexity index is 333. The van der Waals surface area contributed by atoms with Crippen molar-refractivity contribution in [3.8, 4) is 11.8 Å². The standard InChI is InChI=1S/C10H9FO/c1-2-3-8-4-5-10(11)9(6-8)7-12/h4-6,12H,7H2,1H3. The van der Waals surface area contributed by atoms with Gasteiger partial charge in [-0.3, -0.25) is 0 Å². The second kappa shape index (κ2) is 3.89. The molecule has 1 rings (SSSR count). The maximum Gasteiger partial charge on any atom is 0.128 e. The molecule has 0 aliphatic rings. The first-order chi connectivity index (χ1) is 5.77. The van der Waals surface area contributed by atoms with Gasteiger partial charge < -0.3 is 5.11 Å². The molecule has 0 heterocycles. The van der Waals surface area contributed by atoms with Gasteiger partial charge in [-0.1, -0.05) is 5.92 Å². The third-order valence-electron chi connectivity index (χ3n) is 1.49. The molecule has 0 atom stereocenters. The molecule has 0 saturated carbocycles. The molecule has 2 heteroatoms. The Balaban J connectivity index is 3.10. The Morgan fingerprint density at radius 2 is 2.25 bits per heavy atom. The molecular weight excluding hydrogens is 155 g/mol. The molecule has 1 aromatic carbocycles. The summed E-state index contributed by atoms with van der Waals surface area (Å²) in [6.45, 7) is 1.42. The monoisotopic (exact) mass is 164 g/mol. The second-order valence-electron chi connectivity index (χ2n) is 2.34. The van der Waals surface area contributed by atoms with Gasteiger partial charge in [0.25, 0.3) is 0 Å². The Morgan fingerprint density at radius 1 is 1.50 bits per heavy atom. The van der Waals surface area contributed by atoms with Crippen molar-refractivity contribution in [3.63, 3.8) is 0 Å². The average Bonchev–Trinajstić information content (AvgIpc) is 2.09. The van der Waals surface area contributed by atoms with Gasteiger partial charge in [0, 0.05) is 11.1 Å². The molecular formula is C10H9FO. The van der Waals surface area contributed by atoms with Crippen LogP contribution in [0, 0.1) is 17.7 Å². The third kappa shape index (κ3) is 1.84. The summed E-state index contributed by atoms with van der Waals surface area (Å²) >= 11 is 0. The molecule has 0 fully saturated rings. The Morgan fingerprint density at radius 3 is 2.83 bits per heavy atom. The first-order valence-electron chi connectivity index (χ1n) is 3.60. The summed E-state index contributed by atoms with van der Waals surface area (Å²) < 4.78 is 12.8. The molecule has 1 N–H and O–H groups in total. The summed E-state index contributed by atoms with van der Waals surface area (Å²) in [7, 11) is 0. The molecule has 1 nitrogen and oxygen atoms in total. The van der Waals surface area contributed by atoms with Crippen LogP contribution in [-0.4, -0.2) is 5.11 Å². The van der Waals surface area contributed by atoms with Gasteiger partial charge in [-0.25, -0.2) is 4.39 Å². The largest absolute Gasteiger partial charge is 0.392 e. The highest BCUT2D eigenvalue weighted by Gasteiger charge is 1.99. The zero-order valence-electron chi connectivity index (χ0n) is 6.76. The molecule has 0 spiro atoms. The molecule has 0 amide bonds. The fourth-order valence-electron chi connectivity index (χ4n) is 0.918. The van der Waals surface area contributed by atoms with Crippen LogP contribution in [0.5, 0.6) is 0 Å². The van der Waals surface area contributed by atoms with E-state index in [9.17, 15) is 4.39 Å². The highest BCUT2D eigenvalue weighted by atomic mass is 19.1. The lowest BCUT2D eigenvalue weighted by atomic mass is 10.1. The number of hydrogen-bond acceptors (Lipinski definition) is 1. The maximum atomic E-state index is 12.8. The van der Waals surface area contributed by atoms with Crippen LogP contribution < -0.4 is 0 Å². The Kier molecular flexibility index (Phi) is 2.84. The van der Waals surface area contributed by atoms with Gasteiger partial charge in [0.05, 0.1) is 6.61 Å². The van der Waals surface area contributed by atoms with Crippen LogP contribution in [0.3, 0.4) is 0 Å². The summed E-state index contributed by atoms with van der Waals surface area (Å²) in [5, 5.41) is 8.72. The van der Waals surface area contributed by atoms with Crippen molar-refractivity contribution in [3.05, 3.63) is 35.1 Å². The lowest BCUT2D eigenvalue weighted by Gasteiger charge is -1.98. The first-order valence-corrected chi connectivity index (χ1v) is 3.60. The van der Waals surface area contributed by atoms with Crippen LogP contribution in [0.15, 0.2) is 18.2 Å². The third-order valence-corrected chi connectivity index (χ3v) is 1.49. The van der Waals surface area contributed by atoms with E-state index < -0.39 is 0 Å². The van der Waals surface area contributed by atoms with Gasteiger partial charge in [-0.15, -0.1) is 5.92 Å². The predicted octanol–water partition coefficient (Wildman–Crippen LogP) is 1.69. The number of rotatable bonds is 1. The number of aliphatic hydroxyl groups excluding tert-OH is 1. The summed E-state index contributed by atoms with van der Waals surface area (Å²) in [5.41, 5.74) is 1.01. The van der Waals surface area contributed by atoms with Crippen molar-refractivity contribution in [1.82, 2.24) is 0 Å². The summed E-state index contributed by atoms with van der Waals surface area (Å²) in [6.07, 6.45) is 0. The van der Waals surface area contributed by atoms with E-state index in [1.807, 2.05) is 0 Å². The van der Waals surface area contributed by atoms with Crippen molar-refractivity contribution in [2.24, 2.45) is 0 Å². The summed E-state index contributed by atoms with van der Waals surface area (Å²) in [6, 6.07) is 4.45. The van der Waals surface area contributed by atoms with E-state index in [0.29, 0.717) is 0 Å². The van der Waals surface area contributed by atoms with Gasteiger partial charge in [-0.05, 0) is 25.1 Å².